The second-order valence-electron chi connectivity index (χ2n) is 7.97. The summed E-state index contributed by atoms with van der Waals surface area (Å²) in [7, 11) is 0. The Morgan fingerprint density at radius 1 is 1.03 bits per heavy atom. The number of nitrogens with one attached hydrogen (secondary N) is 1. The number of unbranched alkanes of at least 4 members (excludes halogenated alkanes) is 3. The summed E-state index contributed by atoms with van der Waals surface area (Å²) in [5.74, 6) is 0.0498. The number of carbonyl (C=O) groups excluding carboxylic acids is 2. The molecular formula is C26H36N2O5. The van der Waals surface area contributed by atoms with Gasteiger partial charge in [-0.1, -0.05) is 44.4 Å². The highest BCUT2D eigenvalue weighted by atomic mass is 16.5. The lowest BCUT2D eigenvalue weighted by molar-refractivity contribution is -0.145. The normalized spacial score (nSPS) is 10.5. The fourth-order valence-electron chi connectivity index (χ4n) is 3.32. The molecule has 0 radical (unpaired) electrons. The lowest BCUT2D eigenvalue weighted by Gasteiger charge is -2.24. The lowest BCUT2D eigenvalue weighted by Crippen LogP contribution is -2.34. The van der Waals surface area contributed by atoms with Crippen molar-refractivity contribution in [3.63, 3.8) is 0 Å². The van der Waals surface area contributed by atoms with Crippen molar-refractivity contribution < 1.29 is 24.2 Å². The van der Waals surface area contributed by atoms with E-state index >= 15 is 0 Å². The molecule has 0 fully saturated rings. The van der Waals surface area contributed by atoms with Crippen molar-refractivity contribution in [1.29, 1.82) is 0 Å². The Morgan fingerprint density at radius 3 is 2.45 bits per heavy atom. The first-order chi connectivity index (χ1) is 15.9. The van der Waals surface area contributed by atoms with Gasteiger partial charge >= 0.3 is 5.97 Å². The Balaban J connectivity index is 2.00. The number of aliphatic hydroxyl groups excluding tert-OH is 1. The third kappa shape index (κ3) is 9.14. The predicted molar refractivity (Wildman–Crippen MR) is 130 cm³/mol. The predicted octanol–water partition coefficient (Wildman–Crippen LogP) is 4.80. The lowest BCUT2D eigenvalue weighted by atomic mass is 10.1. The minimum atomic E-state index is -0.424. The number of nitrogens with zero attached hydrogens (tertiary/aromatic N) is 1. The van der Waals surface area contributed by atoms with Crippen LogP contribution in [-0.2, 0) is 20.7 Å². The van der Waals surface area contributed by atoms with Crippen molar-refractivity contribution in [1.82, 2.24) is 0 Å². The second-order valence-corrected chi connectivity index (χ2v) is 7.97. The van der Waals surface area contributed by atoms with Crippen LogP contribution in [0.1, 0.15) is 57.1 Å². The summed E-state index contributed by atoms with van der Waals surface area (Å²) in [6.45, 7) is 5.56. The van der Waals surface area contributed by atoms with Crippen molar-refractivity contribution in [3.05, 3.63) is 53.6 Å². The molecule has 2 N–H and O–H groups in total. The number of carbonyl (C=O) groups is 2. The van der Waals surface area contributed by atoms with Crippen LogP contribution in [0, 0.1) is 6.92 Å². The van der Waals surface area contributed by atoms with Crippen LogP contribution in [0.4, 0.5) is 11.4 Å². The number of aliphatic hydroxyl groups is 1. The van der Waals surface area contributed by atoms with E-state index in [9.17, 15) is 9.59 Å². The smallest absolute Gasteiger partial charge is 0.309 e. The van der Waals surface area contributed by atoms with E-state index in [1.807, 2.05) is 31.2 Å². The van der Waals surface area contributed by atoms with Gasteiger partial charge < -0.3 is 14.6 Å². The van der Waals surface area contributed by atoms with Crippen molar-refractivity contribution in [2.45, 2.75) is 59.3 Å². The maximum absolute atomic E-state index is 12.3. The number of aryl methyl sites for hydroxylation is 2. The van der Waals surface area contributed by atoms with E-state index in [2.05, 4.69) is 24.5 Å². The molecule has 1 amide bonds. The molecule has 0 saturated heterocycles. The molecule has 0 heterocycles. The molecule has 2 aromatic rings. The molecule has 0 spiro atoms. The molecule has 33 heavy (non-hydrogen) atoms. The number of anilines is 2. The van der Waals surface area contributed by atoms with E-state index in [0.717, 1.165) is 17.7 Å². The van der Waals surface area contributed by atoms with Gasteiger partial charge in [-0.25, -0.2) is 5.01 Å². The molecule has 180 valence electrons. The van der Waals surface area contributed by atoms with Gasteiger partial charge in [0.2, 0.25) is 5.91 Å². The van der Waals surface area contributed by atoms with Crippen LogP contribution in [0.2, 0.25) is 0 Å². The molecule has 0 unspecified atom stereocenters. The van der Waals surface area contributed by atoms with Gasteiger partial charge in [-0.3, -0.25) is 15.0 Å². The average molecular weight is 457 g/mol. The van der Waals surface area contributed by atoms with Crippen molar-refractivity contribution >= 4 is 23.3 Å². The molecule has 0 saturated carbocycles. The van der Waals surface area contributed by atoms with E-state index in [4.69, 9.17) is 14.6 Å². The Morgan fingerprint density at radius 2 is 1.79 bits per heavy atom. The zero-order chi connectivity index (χ0) is 24.1. The summed E-state index contributed by atoms with van der Waals surface area (Å²) in [4.78, 5) is 23.9. The standard InChI is InChI=1S/C26H36N2O5/c1-4-5-6-7-8-22-10-13-24(14-11-22)28(21(3)30)27-23-12-9-20(2)25(19-23)32-17-15-26(31)33-18-16-29/h9-14,19,27,29H,4-8,15-18H2,1-3H3. The Kier molecular flexibility index (Phi) is 11.2. The highest BCUT2D eigenvalue weighted by Crippen LogP contribution is 2.25. The quantitative estimate of drug-likeness (QED) is 0.241. The number of hydrogen-bond donors (Lipinski definition) is 2. The summed E-state index contributed by atoms with van der Waals surface area (Å²) in [6, 6.07) is 13.6. The van der Waals surface area contributed by atoms with Gasteiger partial charge in [0.05, 0.1) is 31.0 Å². The average Bonchev–Trinajstić information content (AvgIpc) is 2.81. The first kappa shape index (κ1) is 26.2. The van der Waals surface area contributed by atoms with Crippen LogP contribution in [0.5, 0.6) is 5.75 Å². The van der Waals surface area contributed by atoms with Crippen LogP contribution >= 0.6 is 0 Å². The first-order valence-corrected chi connectivity index (χ1v) is 11.6. The number of benzene rings is 2. The SMILES string of the molecule is CCCCCCc1ccc(N(Nc2ccc(C)c(OCCC(=O)OCCO)c2)C(C)=O)cc1. The Hall–Kier alpha value is -3.06. The van der Waals surface area contributed by atoms with E-state index in [1.165, 1.54) is 43.2 Å². The maximum Gasteiger partial charge on any atom is 0.309 e. The third-order valence-electron chi connectivity index (χ3n) is 5.18. The molecule has 0 aliphatic rings. The second kappa shape index (κ2) is 14.2. The number of rotatable bonds is 14. The zero-order valence-electron chi connectivity index (χ0n) is 19.9. The largest absolute Gasteiger partial charge is 0.493 e. The van der Waals surface area contributed by atoms with Gasteiger partial charge in [0.25, 0.3) is 0 Å². The highest BCUT2D eigenvalue weighted by molar-refractivity contribution is 5.93. The van der Waals surface area contributed by atoms with Gasteiger partial charge in [0.1, 0.15) is 12.4 Å². The number of amides is 1. The molecule has 2 rings (SSSR count). The fraction of sp³-hybridized carbons (Fsp3) is 0.462. The summed E-state index contributed by atoms with van der Waals surface area (Å²) in [5.41, 5.74) is 6.78. The Labute approximate surface area is 196 Å². The maximum atomic E-state index is 12.3. The summed E-state index contributed by atoms with van der Waals surface area (Å²) in [5, 5.41) is 10.2. The van der Waals surface area contributed by atoms with Crippen molar-refractivity contribution in [2.24, 2.45) is 0 Å². The Bertz CT molecular complexity index is 883. The monoisotopic (exact) mass is 456 g/mol. The fourth-order valence-corrected chi connectivity index (χ4v) is 3.32. The van der Waals surface area contributed by atoms with E-state index in [0.29, 0.717) is 11.4 Å². The van der Waals surface area contributed by atoms with Gasteiger partial charge in [-0.2, -0.15) is 0 Å². The molecule has 0 aliphatic carbocycles. The number of esters is 1. The first-order valence-electron chi connectivity index (χ1n) is 11.6. The summed E-state index contributed by atoms with van der Waals surface area (Å²) < 4.78 is 10.6. The molecule has 2 aromatic carbocycles. The summed E-state index contributed by atoms with van der Waals surface area (Å²) >= 11 is 0. The van der Waals surface area contributed by atoms with Crippen molar-refractivity contribution in [2.75, 3.05) is 30.3 Å². The van der Waals surface area contributed by atoms with Gasteiger partial charge in [-0.15, -0.1) is 0 Å². The van der Waals surface area contributed by atoms with Crippen LogP contribution in [0.25, 0.3) is 0 Å². The van der Waals surface area contributed by atoms with Crippen LogP contribution in [-0.4, -0.2) is 36.8 Å². The highest BCUT2D eigenvalue weighted by Gasteiger charge is 2.13. The minimum Gasteiger partial charge on any atom is -0.493 e. The minimum absolute atomic E-state index is 0.0159. The molecule has 0 atom stereocenters. The summed E-state index contributed by atoms with van der Waals surface area (Å²) in [6.07, 6.45) is 6.02. The molecule has 0 aromatic heterocycles. The molecule has 0 aliphatic heterocycles. The van der Waals surface area contributed by atoms with E-state index in [1.54, 1.807) is 6.07 Å². The van der Waals surface area contributed by atoms with Gasteiger partial charge in [0.15, 0.2) is 0 Å². The molecular weight excluding hydrogens is 420 g/mol. The molecule has 7 nitrogen and oxygen atoms in total. The van der Waals surface area contributed by atoms with Gasteiger partial charge in [0, 0.05) is 13.0 Å². The number of hydrazine groups is 1. The number of ether oxygens (including phenoxy) is 2. The molecule has 7 heteroatoms. The van der Waals surface area contributed by atoms with Crippen LogP contribution < -0.4 is 15.2 Å². The third-order valence-corrected chi connectivity index (χ3v) is 5.18. The number of hydrogen-bond acceptors (Lipinski definition) is 6. The topological polar surface area (TPSA) is 88.1 Å². The van der Waals surface area contributed by atoms with Crippen molar-refractivity contribution in [3.8, 4) is 5.75 Å². The van der Waals surface area contributed by atoms with Crippen LogP contribution in [0.3, 0.4) is 0 Å². The van der Waals surface area contributed by atoms with E-state index < -0.39 is 5.97 Å². The molecule has 0 bridgehead atoms. The van der Waals surface area contributed by atoms with Crippen LogP contribution in [0.15, 0.2) is 42.5 Å². The van der Waals surface area contributed by atoms with Gasteiger partial charge in [-0.05, 0) is 49.1 Å². The zero-order valence-corrected chi connectivity index (χ0v) is 19.9. The van der Waals surface area contributed by atoms with E-state index in [-0.39, 0.29) is 32.1 Å².